The maximum Gasteiger partial charge on any atom is 0.232 e. The molecule has 1 aliphatic heterocycles. The summed E-state index contributed by atoms with van der Waals surface area (Å²) in [6, 6.07) is 13.6. The molecule has 1 atom stereocenters. The summed E-state index contributed by atoms with van der Waals surface area (Å²) in [4.78, 5) is 13.5. The normalized spacial score (nSPS) is 16.1. The molecule has 0 aromatic heterocycles. The lowest BCUT2D eigenvalue weighted by Gasteiger charge is -2.12. The molecule has 3 rings (SSSR count). The quantitative estimate of drug-likeness (QED) is 0.923. The first-order valence-electron chi connectivity index (χ1n) is 6.41. The second kappa shape index (κ2) is 5.58. The van der Waals surface area contributed by atoms with Crippen molar-refractivity contribution in [3.8, 4) is 6.07 Å². The van der Waals surface area contributed by atoms with Crippen LogP contribution < -0.4 is 5.32 Å². The van der Waals surface area contributed by atoms with Crippen LogP contribution >= 0.6 is 11.8 Å². The zero-order valence-electron chi connectivity index (χ0n) is 11.0. The Morgan fingerprint density at radius 3 is 2.95 bits per heavy atom. The molecule has 0 saturated carbocycles. The number of carbonyl (C=O) groups excluding carboxylic acids is 1. The van der Waals surface area contributed by atoms with E-state index in [1.165, 1.54) is 18.2 Å². The first-order chi connectivity index (χ1) is 10.2. The van der Waals surface area contributed by atoms with Crippen LogP contribution in [0.3, 0.4) is 0 Å². The molecule has 0 fully saturated rings. The molecule has 1 amide bonds. The van der Waals surface area contributed by atoms with Crippen molar-refractivity contribution in [3.05, 3.63) is 59.4 Å². The van der Waals surface area contributed by atoms with Crippen molar-refractivity contribution < 1.29 is 9.18 Å². The standard InChI is InChI=1S/C16H11FN2OS/c17-14-6-5-11(7-10(14)8-18)19-16(20)13-9-21-15-4-2-1-3-12(13)15/h1-7,13H,9H2,(H,19,20). The number of hydrogen-bond acceptors (Lipinski definition) is 3. The maximum absolute atomic E-state index is 13.3. The number of nitrogens with one attached hydrogen (secondary N) is 1. The molecular weight excluding hydrogens is 287 g/mol. The molecule has 1 unspecified atom stereocenters. The lowest BCUT2D eigenvalue weighted by Crippen LogP contribution is -2.21. The molecule has 3 nitrogen and oxygen atoms in total. The Bertz CT molecular complexity index is 754. The number of halogens is 1. The fraction of sp³-hybridized carbons (Fsp3) is 0.125. The summed E-state index contributed by atoms with van der Waals surface area (Å²) < 4.78 is 13.3. The topological polar surface area (TPSA) is 52.9 Å². The SMILES string of the molecule is N#Cc1cc(NC(=O)C2CSc3ccccc32)ccc1F. The van der Waals surface area contributed by atoms with Gasteiger partial charge in [0, 0.05) is 16.3 Å². The monoisotopic (exact) mass is 298 g/mol. The van der Waals surface area contributed by atoms with Crippen LogP contribution in [-0.4, -0.2) is 11.7 Å². The average Bonchev–Trinajstić information content (AvgIpc) is 2.93. The van der Waals surface area contributed by atoms with Gasteiger partial charge in [0.25, 0.3) is 0 Å². The highest BCUT2D eigenvalue weighted by Gasteiger charge is 2.28. The van der Waals surface area contributed by atoms with Gasteiger partial charge in [-0.25, -0.2) is 4.39 Å². The van der Waals surface area contributed by atoms with Gasteiger partial charge in [-0.3, -0.25) is 4.79 Å². The Morgan fingerprint density at radius 2 is 2.14 bits per heavy atom. The van der Waals surface area contributed by atoms with E-state index in [2.05, 4.69) is 5.32 Å². The molecule has 0 spiro atoms. The van der Waals surface area contributed by atoms with Crippen molar-refractivity contribution >= 4 is 23.4 Å². The summed E-state index contributed by atoms with van der Waals surface area (Å²) in [6.07, 6.45) is 0. The highest BCUT2D eigenvalue weighted by atomic mass is 32.2. The number of hydrogen-bond donors (Lipinski definition) is 1. The van der Waals surface area contributed by atoms with Crippen molar-refractivity contribution in [1.82, 2.24) is 0 Å². The molecule has 1 N–H and O–H groups in total. The van der Waals surface area contributed by atoms with Crippen LogP contribution in [0.15, 0.2) is 47.4 Å². The van der Waals surface area contributed by atoms with Gasteiger partial charge >= 0.3 is 0 Å². The molecule has 21 heavy (non-hydrogen) atoms. The zero-order valence-corrected chi connectivity index (χ0v) is 11.8. The molecule has 0 saturated heterocycles. The fourth-order valence-electron chi connectivity index (χ4n) is 2.30. The van der Waals surface area contributed by atoms with Gasteiger partial charge in [-0.2, -0.15) is 5.26 Å². The summed E-state index contributed by atoms with van der Waals surface area (Å²) in [6.45, 7) is 0. The van der Waals surface area contributed by atoms with E-state index >= 15 is 0 Å². The summed E-state index contributed by atoms with van der Waals surface area (Å²) in [5, 5.41) is 11.6. The van der Waals surface area contributed by atoms with E-state index in [4.69, 9.17) is 5.26 Å². The first kappa shape index (κ1) is 13.7. The Morgan fingerprint density at radius 1 is 1.33 bits per heavy atom. The average molecular weight is 298 g/mol. The highest BCUT2D eigenvalue weighted by molar-refractivity contribution is 7.99. The first-order valence-corrected chi connectivity index (χ1v) is 7.40. The number of fused-ring (bicyclic) bond motifs is 1. The third kappa shape index (κ3) is 2.63. The number of benzene rings is 2. The molecule has 104 valence electrons. The predicted octanol–water partition coefficient (Wildman–Crippen LogP) is 3.53. The number of carbonyl (C=O) groups is 1. The molecule has 1 heterocycles. The number of anilines is 1. The largest absolute Gasteiger partial charge is 0.325 e. The summed E-state index contributed by atoms with van der Waals surface area (Å²) in [7, 11) is 0. The van der Waals surface area contributed by atoms with Crippen LogP contribution in [-0.2, 0) is 4.79 Å². The van der Waals surface area contributed by atoms with Gasteiger partial charge in [0.05, 0.1) is 11.5 Å². The van der Waals surface area contributed by atoms with Gasteiger partial charge in [-0.15, -0.1) is 11.8 Å². The van der Waals surface area contributed by atoms with E-state index in [1.807, 2.05) is 24.3 Å². The fourth-order valence-corrected chi connectivity index (χ4v) is 3.53. The number of rotatable bonds is 2. The Kier molecular flexibility index (Phi) is 3.63. The molecule has 0 radical (unpaired) electrons. The minimum Gasteiger partial charge on any atom is -0.325 e. The van der Waals surface area contributed by atoms with Crippen molar-refractivity contribution in [1.29, 1.82) is 5.26 Å². The summed E-state index contributed by atoms with van der Waals surface area (Å²) >= 11 is 1.65. The second-order valence-corrected chi connectivity index (χ2v) is 5.76. The maximum atomic E-state index is 13.3. The number of nitrogens with zero attached hydrogens (tertiary/aromatic N) is 1. The zero-order chi connectivity index (χ0) is 14.8. The Hall–Kier alpha value is -2.32. The highest BCUT2D eigenvalue weighted by Crippen LogP contribution is 2.39. The van der Waals surface area contributed by atoms with Gasteiger partial charge in [-0.1, -0.05) is 18.2 Å². The van der Waals surface area contributed by atoms with Gasteiger partial charge in [-0.05, 0) is 29.8 Å². The van der Waals surface area contributed by atoms with E-state index in [0.29, 0.717) is 11.4 Å². The molecule has 0 bridgehead atoms. The summed E-state index contributed by atoms with van der Waals surface area (Å²) in [5.41, 5.74) is 1.38. The van der Waals surface area contributed by atoms with Gasteiger partial charge in [0.2, 0.25) is 5.91 Å². The lowest BCUT2D eigenvalue weighted by molar-refractivity contribution is -0.117. The number of nitriles is 1. The van der Waals surface area contributed by atoms with Crippen LogP contribution in [0.1, 0.15) is 17.0 Å². The van der Waals surface area contributed by atoms with Crippen molar-refractivity contribution in [2.75, 3.05) is 11.1 Å². The molecule has 0 aliphatic carbocycles. The molecule has 5 heteroatoms. The number of thioether (sulfide) groups is 1. The molecule has 1 aliphatic rings. The molecule has 2 aromatic rings. The molecule has 2 aromatic carbocycles. The van der Waals surface area contributed by atoms with E-state index < -0.39 is 5.82 Å². The van der Waals surface area contributed by atoms with Crippen molar-refractivity contribution in [3.63, 3.8) is 0 Å². The van der Waals surface area contributed by atoms with Crippen LogP contribution in [0.25, 0.3) is 0 Å². The van der Waals surface area contributed by atoms with Crippen molar-refractivity contribution in [2.45, 2.75) is 10.8 Å². The summed E-state index contributed by atoms with van der Waals surface area (Å²) in [5.74, 6) is -0.251. The van der Waals surface area contributed by atoms with E-state index in [1.54, 1.807) is 17.8 Å². The van der Waals surface area contributed by atoms with Gasteiger partial charge in [0.1, 0.15) is 11.9 Å². The lowest BCUT2D eigenvalue weighted by atomic mass is 10.0. The predicted molar refractivity (Wildman–Crippen MR) is 79.7 cm³/mol. The van der Waals surface area contributed by atoms with Crippen molar-refractivity contribution in [2.24, 2.45) is 0 Å². The number of amides is 1. The Balaban J connectivity index is 1.81. The van der Waals surface area contributed by atoms with Gasteiger partial charge < -0.3 is 5.32 Å². The minimum absolute atomic E-state index is 0.0750. The minimum atomic E-state index is -0.586. The van der Waals surface area contributed by atoms with E-state index in [0.717, 1.165) is 10.5 Å². The van der Waals surface area contributed by atoms with Crippen LogP contribution in [0, 0.1) is 17.1 Å². The second-order valence-electron chi connectivity index (χ2n) is 4.70. The van der Waals surface area contributed by atoms with E-state index in [9.17, 15) is 9.18 Å². The van der Waals surface area contributed by atoms with Crippen LogP contribution in [0.2, 0.25) is 0 Å². The smallest absolute Gasteiger partial charge is 0.232 e. The van der Waals surface area contributed by atoms with Crippen LogP contribution in [0.5, 0.6) is 0 Å². The third-order valence-corrected chi connectivity index (χ3v) is 4.55. The van der Waals surface area contributed by atoms with E-state index in [-0.39, 0.29) is 17.4 Å². The van der Waals surface area contributed by atoms with Crippen LogP contribution in [0.4, 0.5) is 10.1 Å². The third-order valence-electron chi connectivity index (χ3n) is 3.37. The molecular formula is C16H11FN2OS. The van der Waals surface area contributed by atoms with Gasteiger partial charge in [0.15, 0.2) is 0 Å². The Labute approximate surface area is 125 Å².